The first-order chi connectivity index (χ1) is 14.9. The van der Waals surface area contributed by atoms with Crippen molar-refractivity contribution in [3.63, 3.8) is 0 Å². The van der Waals surface area contributed by atoms with Gasteiger partial charge in [0.1, 0.15) is 11.9 Å². The minimum Gasteiger partial charge on any atom is -0.490 e. The molecule has 166 valence electrons. The summed E-state index contributed by atoms with van der Waals surface area (Å²) in [7, 11) is 5.62. The van der Waals surface area contributed by atoms with Crippen molar-refractivity contribution in [2.45, 2.75) is 25.5 Å². The molecule has 0 saturated carbocycles. The van der Waals surface area contributed by atoms with E-state index in [1.165, 1.54) is 0 Å². The molecular formula is C25H33N3O3. The fourth-order valence-electron chi connectivity index (χ4n) is 3.96. The highest BCUT2D eigenvalue weighted by molar-refractivity contribution is 5.79. The second kappa shape index (κ2) is 11.0. The van der Waals surface area contributed by atoms with Crippen LogP contribution < -0.4 is 4.74 Å². The standard InChI is InChI=1S/C25H33N3O3/c1-26(2)19-25(30)28-15-14-23(31-22-12-8-5-9-13-22)21(18-28)16-24(29)27(3)17-20-10-6-4-7-11-20/h4-13,21,23H,14-19H2,1-3H3/t21-,23-/m0/s1. The van der Waals surface area contributed by atoms with Crippen LogP contribution in [0.2, 0.25) is 0 Å². The summed E-state index contributed by atoms with van der Waals surface area (Å²) in [6.45, 7) is 2.13. The number of hydrogen-bond acceptors (Lipinski definition) is 4. The zero-order chi connectivity index (χ0) is 22.2. The van der Waals surface area contributed by atoms with E-state index < -0.39 is 0 Å². The monoisotopic (exact) mass is 423 g/mol. The van der Waals surface area contributed by atoms with E-state index in [0.29, 0.717) is 39.0 Å². The van der Waals surface area contributed by atoms with Gasteiger partial charge in [0.05, 0.1) is 6.54 Å². The predicted molar refractivity (Wildman–Crippen MR) is 122 cm³/mol. The van der Waals surface area contributed by atoms with Crippen LogP contribution in [0.15, 0.2) is 60.7 Å². The van der Waals surface area contributed by atoms with Gasteiger partial charge in [-0.25, -0.2) is 0 Å². The van der Waals surface area contributed by atoms with Crippen molar-refractivity contribution in [3.05, 3.63) is 66.2 Å². The lowest BCUT2D eigenvalue weighted by atomic mass is 9.90. The minimum absolute atomic E-state index is 0.0502. The summed E-state index contributed by atoms with van der Waals surface area (Å²) in [6.07, 6.45) is 0.973. The number of hydrogen-bond donors (Lipinski definition) is 0. The average molecular weight is 424 g/mol. The smallest absolute Gasteiger partial charge is 0.236 e. The van der Waals surface area contributed by atoms with Gasteiger partial charge in [-0.3, -0.25) is 9.59 Å². The first kappa shape index (κ1) is 22.8. The summed E-state index contributed by atoms with van der Waals surface area (Å²) in [4.78, 5) is 31.2. The van der Waals surface area contributed by atoms with Crippen molar-refractivity contribution >= 4 is 11.8 Å². The lowest BCUT2D eigenvalue weighted by Crippen LogP contribution is -2.51. The third-order valence-electron chi connectivity index (χ3n) is 5.62. The molecule has 0 spiro atoms. The number of nitrogens with zero attached hydrogens (tertiary/aromatic N) is 3. The molecule has 0 radical (unpaired) electrons. The molecule has 1 fully saturated rings. The third-order valence-corrected chi connectivity index (χ3v) is 5.62. The molecule has 6 heteroatoms. The number of carbonyl (C=O) groups is 2. The Kier molecular flexibility index (Phi) is 8.06. The summed E-state index contributed by atoms with van der Waals surface area (Å²) in [6, 6.07) is 19.7. The molecule has 0 aliphatic carbocycles. The number of carbonyl (C=O) groups excluding carboxylic acids is 2. The highest BCUT2D eigenvalue weighted by Gasteiger charge is 2.35. The number of amides is 2. The lowest BCUT2D eigenvalue weighted by Gasteiger charge is -2.39. The zero-order valence-corrected chi connectivity index (χ0v) is 18.7. The van der Waals surface area contributed by atoms with Crippen LogP contribution >= 0.6 is 0 Å². The minimum atomic E-state index is -0.0973. The average Bonchev–Trinajstić information content (AvgIpc) is 2.75. The summed E-state index contributed by atoms with van der Waals surface area (Å²) >= 11 is 0. The molecule has 1 aliphatic rings. The van der Waals surface area contributed by atoms with Gasteiger partial charge in [-0.05, 0) is 31.8 Å². The molecule has 2 atom stereocenters. The number of piperidine rings is 1. The van der Waals surface area contributed by atoms with Gasteiger partial charge < -0.3 is 19.4 Å². The quantitative estimate of drug-likeness (QED) is 0.655. The Labute approximate surface area is 185 Å². The first-order valence-electron chi connectivity index (χ1n) is 10.8. The first-order valence-corrected chi connectivity index (χ1v) is 10.8. The number of likely N-dealkylation sites (N-methyl/N-ethyl adjacent to an activating group) is 1. The second-order valence-electron chi connectivity index (χ2n) is 8.54. The van der Waals surface area contributed by atoms with E-state index in [-0.39, 0.29) is 23.8 Å². The van der Waals surface area contributed by atoms with Crippen LogP contribution in [0.25, 0.3) is 0 Å². The highest BCUT2D eigenvalue weighted by atomic mass is 16.5. The van der Waals surface area contributed by atoms with Crippen molar-refractivity contribution in [2.75, 3.05) is 40.8 Å². The van der Waals surface area contributed by atoms with Gasteiger partial charge in [0.2, 0.25) is 11.8 Å². The van der Waals surface area contributed by atoms with E-state index in [4.69, 9.17) is 4.74 Å². The van der Waals surface area contributed by atoms with Crippen LogP contribution in [-0.2, 0) is 16.1 Å². The van der Waals surface area contributed by atoms with E-state index in [1.807, 2.05) is 91.6 Å². The maximum Gasteiger partial charge on any atom is 0.236 e. The van der Waals surface area contributed by atoms with E-state index >= 15 is 0 Å². The molecule has 2 aromatic rings. The van der Waals surface area contributed by atoms with Gasteiger partial charge in [-0.1, -0.05) is 48.5 Å². The largest absolute Gasteiger partial charge is 0.490 e. The maximum absolute atomic E-state index is 13.0. The fourth-order valence-corrected chi connectivity index (χ4v) is 3.96. The predicted octanol–water partition coefficient (Wildman–Crippen LogP) is 2.89. The molecule has 6 nitrogen and oxygen atoms in total. The molecule has 0 unspecified atom stereocenters. The Morgan fingerprint density at radius 2 is 1.65 bits per heavy atom. The summed E-state index contributed by atoms with van der Waals surface area (Å²) in [5.41, 5.74) is 1.10. The Bertz CT molecular complexity index is 842. The van der Waals surface area contributed by atoms with Crippen molar-refractivity contribution in [1.82, 2.24) is 14.7 Å². The van der Waals surface area contributed by atoms with Gasteiger partial charge in [0.15, 0.2) is 0 Å². The number of para-hydroxylation sites is 1. The summed E-state index contributed by atoms with van der Waals surface area (Å²) in [5, 5.41) is 0. The number of benzene rings is 2. The normalized spacial score (nSPS) is 18.6. The van der Waals surface area contributed by atoms with Crippen LogP contribution in [-0.4, -0.2) is 73.4 Å². The lowest BCUT2D eigenvalue weighted by molar-refractivity contribution is -0.139. The fraction of sp³-hybridized carbons (Fsp3) is 0.440. The Balaban J connectivity index is 1.68. The zero-order valence-electron chi connectivity index (χ0n) is 18.7. The van der Waals surface area contributed by atoms with Crippen molar-refractivity contribution in [1.29, 1.82) is 0 Å². The van der Waals surface area contributed by atoms with Gasteiger partial charge in [0, 0.05) is 45.4 Å². The Morgan fingerprint density at radius 1 is 1.00 bits per heavy atom. The van der Waals surface area contributed by atoms with E-state index in [2.05, 4.69) is 0 Å². The van der Waals surface area contributed by atoms with Crippen molar-refractivity contribution in [2.24, 2.45) is 5.92 Å². The van der Waals surface area contributed by atoms with Gasteiger partial charge in [-0.15, -0.1) is 0 Å². The van der Waals surface area contributed by atoms with Crippen molar-refractivity contribution in [3.8, 4) is 5.75 Å². The SMILES string of the molecule is CN(C)CC(=O)N1CC[C@H](Oc2ccccc2)[C@@H](CC(=O)N(C)Cc2ccccc2)C1. The highest BCUT2D eigenvalue weighted by Crippen LogP contribution is 2.26. The second-order valence-corrected chi connectivity index (χ2v) is 8.54. The summed E-state index contributed by atoms with van der Waals surface area (Å²) < 4.78 is 6.26. The molecule has 0 aromatic heterocycles. The van der Waals surface area contributed by atoms with Gasteiger partial charge in [-0.2, -0.15) is 0 Å². The maximum atomic E-state index is 13.0. The van der Waals surface area contributed by atoms with E-state index in [9.17, 15) is 9.59 Å². The molecule has 2 amide bonds. The number of ether oxygens (including phenoxy) is 1. The molecule has 1 saturated heterocycles. The molecule has 3 rings (SSSR count). The third kappa shape index (κ3) is 6.82. The Morgan fingerprint density at radius 3 is 2.29 bits per heavy atom. The van der Waals surface area contributed by atoms with Crippen LogP contribution in [0.1, 0.15) is 18.4 Å². The van der Waals surface area contributed by atoms with Crippen LogP contribution in [0.4, 0.5) is 0 Å². The molecular weight excluding hydrogens is 390 g/mol. The summed E-state index contributed by atoms with van der Waals surface area (Å²) in [5.74, 6) is 0.914. The number of likely N-dealkylation sites (tertiary alicyclic amines) is 1. The Hall–Kier alpha value is -2.86. The molecule has 0 bridgehead atoms. The molecule has 1 aliphatic heterocycles. The molecule has 1 heterocycles. The molecule has 2 aromatic carbocycles. The van der Waals surface area contributed by atoms with Gasteiger partial charge >= 0.3 is 0 Å². The van der Waals surface area contributed by atoms with E-state index in [1.54, 1.807) is 4.90 Å². The van der Waals surface area contributed by atoms with Gasteiger partial charge in [0.25, 0.3) is 0 Å². The van der Waals surface area contributed by atoms with Crippen LogP contribution in [0.5, 0.6) is 5.75 Å². The van der Waals surface area contributed by atoms with Crippen LogP contribution in [0.3, 0.4) is 0 Å². The van der Waals surface area contributed by atoms with Crippen LogP contribution in [0, 0.1) is 5.92 Å². The molecule has 0 N–H and O–H groups in total. The van der Waals surface area contributed by atoms with E-state index in [0.717, 1.165) is 11.3 Å². The molecule has 31 heavy (non-hydrogen) atoms. The van der Waals surface area contributed by atoms with Crippen molar-refractivity contribution < 1.29 is 14.3 Å². The topological polar surface area (TPSA) is 53.1 Å². The number of rotatable bonds is 8.